The van der Waals surface area contributed by atoms with Gasteiger partial charge < -0.3 is 10.1 Å². The molecule has 2 saturated heterocycles. The summed E-state index contributed by atoms with van der Waals surface area (Å²) in [5.41, 5.74) is 1.15. The molecule has 3 nitrogen and oxygen atoms in total. The molecule has 1 N–H and O–H groups in total. The zero-order valence-corrected chi connectivity index (χ0v) is 11.6. The second-order valence-corrected chi connectivity index (χ2v) is 5.76. The van der Waals surface area contributed by atoms with Gasteiger partial charge in [-0.25, -0.2) is 0 Å². The van der Waals surface area contributed by atoms with Crippen molar-refractivity contribution in [3.63, 3.8) is 0 Å². The van der Waals surface area contributed by atoms with E-state index in [2.05, 4.69) is 21.9 Å². The number of rotatable bonds is 4. The highest BCUT2D eigenvalue weighted by Gasteiger charge is 2.37. The molecule has 0 spiro atoms. The van der Waals surface area contributed by atoms with Crippen molar-refractivity contribution in [1.82, 2.24) is 10.2 Å². The summed E-state index contributed by atoms with van der Waals surface area (Å²) in [7, 11) is 0. The van der Waals surface area contributed by atoms with Gasteiger partial charge in [0.15, 0.2) is 0 Å². The summed E-state index contributed by atoms with van der Waals surface area (Å²) in [5, 5.41) is 3.43. The van der Waals surface area contributed by atoms with E-state index in [0.717, 1.165) is 43.6 Å². The highest BCUT2D eigenvalue weighted by Crippen LogP contribution is 2.33. The van der Waals surface area contributed by atoms with Crippen molar-refractivity contribution in [3.8, 4) is 5.75 Å². The molecule has 5 heteroatoms. The van der Waals surface area contributed by atoms with Gasteiger partial charge in [0.2, 0.25) is 0 Å². The molecule has 0 aliphatic carbocycles. The van der Waals surface area contributed by atoms with Crippen molar-refractivity contribution in [2.45, 2.75) is 19.6 Å². The zero-order valence-electron chi connectivity index (χ0n) is 11.6. The third-order valence-corrected chi connectivity index (χ3v) is 4.55. The van der Waals surface area contributed by atoms with E-state index in [1.807, 2.05) is 12.1 Å². The van der Waals surface area contributed by atoms with Crippen molar-refractivity contribution >= 4 is 0 Å². The predicted octanol–water partition coefficient (Wildman–Crippen LogP) is 2.50. The Morgan fingerprint density at radius 2 is 1.75 bits per heavy atom. The zero-order chi connectivity index (χ0) is 14.1. The largest absolute Gasteiger partial charge is 0.435 e. The van der Waals surface area contributed by atoms with Crippen LogP contribution in [0.5, 0.6) is 5.75 Å². The maximum atomic E-state index is 12.1. The molecule has 20 heavy (non-hydrogen) atoms. The number of ether oxygens (including phenoxy) is 1. The Bertz CT molecular complexity index is 440. The summed E-state index contributed by atoms with van der Waals surface area (Å²) in [6.45, 7) is 3.90. The molecule has 2 aliphatic rings. The van der Waals surface area contributed by atoms with Crippen LogP contribution >= 0.6 is 0 Å². The number of benzene rings is 1. The van der Waals surface area contributed by atoms with E-state index in [9.17, 15) is 8.78 Å². The number of fused-ring (bicyclic) bond motifs is 1. The number of halogens is 2. The average molecular weight is 282 g/mol. The highest BCUT2D eigenvalue weighted by molar-refractivity contribution is 5.29. The minimum atomic E-state index is -2.76. The van der Waals surface area contributed by atoms with E-state index < -0.39 is 6.61 Å². The number of hydrogen-bond donors (Lipinski definition) is 1. The van der Waals surface area contributed by atoms with E-state index in [1.165, 1.54) is 0 Å². The second kappa shape index (κ2) is 5.66. The van der Waals surface area contributed by atoms with Crippen LogP contribution in [0.1, 0.15) is 18.5 Å². The lowest BCUT2D eigenvalue weighted by Gasteiger charge is -2.25. The van der Waals surface area contributed by atoms with Crippen LogP contribution in [0.15, 0.2) is 24.3 Å². The first-order chi connectivity index (χ1) is 9.63. The number of nitrogens with zero attached hydrogens (tertiary/aromatic N) is 1. The van der Waals surface area contributed by atoms with Gasteiger partial charge in [0, 0.05) is 19.1 Å². The molecule has 3 rings (SSSR count). The van der Waals surface area contributed by atoms with Gasteiger partial charge in [0.05, 0.1) is 0 Å². The molecule has 0 amide bonds. The van der Waals surface area contributed by atoms with Gasteiger partial charge in [0.1, 0.15) is 5.75 Å². The molecule has 110 valence electrons. The monoisotopic (exact) mass is 282 g/mol. The van der Waals surface area contributed by atoms with Crippen molar-refractivity contribution in [3.05, 3.63) is 29.8 Å². The quantitative estimate of drug-likeness (QED) is 0.918. The van der Waals surface area contributed by atoms with Gasteiger partial charge in [-0.3, -0.25) is 4.90 Å². The molecule has 0 saturated carbocycles. The lowest BCUT2D eigenvalue weighted by Crippen LogP contribution is -2.28. The van der Waals surface area contributed by atoms with Crippen LogP contribution in [0.4, 0.5) is 8.78 Å². The van der Waals surface area contributed by atoms with Crippen molar-refractivity contribution in [2.24, 2.45) is 11.8 Å². The number of nitrogens with one attached hydrogen (secondary N) is 1. The van der Waals surface area contributed by atoms with Gasteiger partial charge in [-0.2, -0.15) is 8.78 Å². The summed E-state index contributed by atoms with van der Waals surface area (Å²) in [6.07, 6.45) is 0. The van der Waals surface area contributed by atoms with E-state index in [-0.39, 0.29) is 5.75 Å². The third-order valence-electron chi connectivity index (χ3n) is 4.55. The van der Waals surface area contributed by atoms with Gasteiger partial charge in [0.25, 0.3) is 0 Å². The van der Waals surface area contributed by atoms with Gasteiger partial charge in [-0.1, -0.05) is 12.1 Å². The minimum Gasteiger partial charge on any atom is -0.435 e. The molecule has 1 aromatic rings. The maximum absolute atomic E-state index is 12.1. The molecule has 3 unspecified atom stereocenters. The van der Waals surface area contributed by atoms with Gasteiger partial charge >= 0.3 is 6.61 Å². The summed E-state index contributed by atoms with van der Waals surface area (Å²) >= 11 is 0. The highest BCUT2D eigenvalue weighted by atomic mass is 19.3. The number of hydrogen-bond acceptors (Lipinski definition) is 3. The van der Waals surface area contributed by atoms with Crippen LogP contribution in [0.25, 0.3) is 0 Å². The summed E-state index contributed by atoms with van der Waals surface area (Å²) in [5.74, 6) is 1.75. The molecule has 2 heterocycles. The van der Waals surface area contributed by atoms with Gasteiger partial charge in [-0.15, -0.1) is 0 Å². The maximum Gasteiger partial charge on any atom is 0.387 e. The average Bonchev–Trinajstić information content (AvgIpc) is 2.98. The Balaban J connectivity index is 1.63. The second-order valence-electron chi connectivity index (χ2n) is 5.76. The fourth-order valence-corrected chi connectivity index (χ4v) is 3.35. The van der Waals surface area contributed by atoms with Crippen LogP contribution in [0.3, 0.4) is 0 Å². The van der Waals surface area contributed by atoms with Crippen molar-refractivity contribution < 1.29 is 13.5 Å². The molecule has 1 aromatic carbocycles. The Labute approximate surface area is 117 Å². The topological polar surface area (TPSA) is 24.5 Å². The predicted molar refractivity (Wildman–Crippen MR) is 72.9 cm³/mol. The molecule has 0 bridgehead atoms. The molecule has 0 aromatic heterocycles. The normalized spacial score (nSPS) is 27.8. The molecular formula is C15H20F2N2O. The van der Waals surface area contributed by atoms with E-state index in [4.69, 9.17) is 0 Å². The Hall–Kier alpha value is -1.20. The first kappa shape index (κ1) is 13.8. The van der Waals surface area contributed by atoms with Crippen LogP contribution < -0.4 is 10.1 Å². The van der Waals surface area contributed by atoms with Gasteiger partial charge in [-0.05, 0) is 49.5 Å². The first-order valence-electron chi connectivity index (χ1n) is 7.13. The van der Waals surface area contributed by atoms with E-state index >= 15 is 0 Å². The number of alkyl halides is 2. The van der Waals surface area contributed by atoms with Crippen molar-refractivity contribution in [1.29, 1.82) is 0 Å². The number of likely N-dealkylation sites (tertiary alicyclic amines) is 1. The van der Waals surface area contributed by atoms with Crippen LogP contribution in [-0.2, 0) is 0 Å². The summed E-state index contributed by atoms with van der Waals surface area (Å²) < 4.78 is 28.6. The molecular weight excluding hydrogens is 262 g/mol. The Kier molecular flexibility index (Phi) is 3.89. The van der Waals surface area contributed by atoms with Crippen LogP contribution in [0.2, 0.25) is 0 Å². The lowest BCUT2D eigenvalue weighted by molar-refractivity contribution is -0.0498. The molecule has 2 fully saturated rings. The smallest absolute Gasteiger partial charge is 0.387 e. The molecule has 3 atom stereocenters. The van der Waals surface area contributed by atoms with E-state index in [0.29, 0.717) is 6.04 Å². The Morgan fingerprint density at radius 1 is 1.15 bits per heavy atom. The fraction of sp³-hybridized carbons (Fsp3) is 0.600. The Morgan fingerprint density at radius 3 is 2.30 bits per heavy atom. The van der Waals surface area contributed by atoms with Crippen molar-refractivity contribution in [2.75, 3.05) is 26.2 Å². The minimum absolute atomic E-state index is 0.221. The lowest BCUT2D eigenvalue weighted by atomic mass is 10.0. The van der Waals surface area contributed by atoms with Crippen LogP contribution in [0, 0.1) is 11.8 Å². The summed E-state index contributed by atoms with van der Waals surface area (Å²) in [4.78, 5) is 2.49. The molecule has 2 aliphatic heterocycles. The summed E-state index contributed by atoms with van der Waals surface area (Å²) in [6, 6.07) is 7.33. The molecule has 0 radical (unpaired) electrons. The van der Waals surface area contributed by atoms with E-state index in [1.54, 1.807) is 12.1 Å². The SMILES string of the molecule is CC(c1ccc(OC(F)F)cc1)N1CC2CNCC2C1. The standard InChI is InChI=1S/C15H20F2N2O/c1-10(19-8-12-6-18-7-13(12)9-19)11-2-4-14(5-3-11)20-15(16)17/h2-5,10,12-13,15,18H,6-9H2,1H3. The van der Waals surface area contributed by atoms with Crippen LogP contribution in [-0.4, -0.2) is 37.7 Å². The first-order valence-corrected chi connectivity index (χ1v) is 7.13. The fourth-order valence-electron chi connectivity index (χ4n) is 3.35. The third kappa shape index (κ3) is 2.79.